The van der Waals surface area contributed by atoms with Crippen LogP contribution in [0.2, 0.25) is 0 Å². The number of amides is 2. The first kappa shape index (κ1) is 33.7. The quantitative estimate of drug-likeness (QED) is 0.358. The number of nitrogens with zero attached hydrogens (tertiary/aromatic N) is 1. The van der Waals surface area contributed by atoms with Crippen molar-refractivity contribution in [2.45, 2.75) is 75.5 Å². The SMILES string of the molecule is CC(=O)NC(C)(C)C[C@H]1CN(S(=O)(=O)c2ccc(F)c(C(F)(F)F)c2)c2cc(NC(=O)OC(C)(C)C(F)(F)F)ccc2O1. The van der Waals surface area contributed by atoms with Gasteiger partial charge in [0.15, 0.2) is 0 Å². The monoisotopic (exact) mass is 643 g/mol. The molecule has 1 atom stereocenters. The molecule has 17 heteroatoms. The third-order valence-corrected chi connectivity index (χ3v) is 8.03. The second kappa shape index (κ2) is 11.4. The Bertz CT molecular complexity index is 1510. The van der Waals surface area contributed by atoms with E-state index in [4.69, 9.17) is 4.74 Å². The average molecular weight is 644 g/mol. The Balaban J connectivity index is 2.06. The number of fused-ring (bicyclic) bond motifs is 1. The summed E-state index contributed by atoms with van der Waals surface area (Å²) >= 11 is 0. The molecule has 2 aromatic rings. The highest BCUT2D eigenvalue weighted by Gasteiger charge is 2.51. The van der Waals surface area contributed by atoms with Crippen LogP contribution in [0, 0.1) is 5.82 Å². The summed E-state index contributed by atoms with van der Waals surface area (Å²) in [4.78, 5) is 22.9. The van der Waals surface area contributed by atoms with Crippen molar-refractivity contribution in [3.05, 3.63) is 47.8 Å². The molecule has 0 aromatic heterocycles. The van der Waals surface area contributed by atoms with Gasteiger partial charge in [-0.05, 0) is 64.1 Å². The molecule has 2 amide bonds. The number of alkyl halides is 6. The Kier molecular flexibility index (Phi) is 8.94. The number of rotatable bonds is 7. The normalized spacial score (nSPS) is 16.2. The van der Waals surface area contributed by atoms with Crippen molar-refractivity contribution in [2.75, 3.05) is 16.2 Å². The number of nitrogens with one attached hydrogen (secondary N) is 2. The minimum Gasteiger partial charge on any atom is -0.486 e. The van der Waals surface area contributed by atoms with Gasteiger partial charge in [0.2, 0.25) is 11.5 Å². The van der Waals surface area contributed by atoms with Gasteiger partial charge in [-0.2, -0.15) is 26.3 Å². The summed E-state index contributed by atoms with van der Waals surface area (Å²) in [5.74, 6) is -2.21. The van der Waals surface area contributed by atoms with Crippen LogP contribution in [-0.2, 0) is 25.7 Å². The molecule has 2 aromatic carbocycles. The van der Waals surface area contributed by atoms with Gasteiger partial charge in [0.1, 0.15) is 17.7 Å². The van der Waals surface area contributed by atoms with E-state index in [9.17, 15) is 48.7 Å². The van der Waals surface area contributed by atoms with E-state index in [1.807, 2.05) is 0 Å². The van der Waals surface area contributed by atoms with Crippen LogP contribution >= 0.6 is 0 Å². The molecule has 0 radical (unpaired) electrons. The number of benzene rings is 2. The van der Waals surface area contributed by atoms with Crippen molar-refractivity contribution >= 4 is 33.4 Å². The topological polar surface area (TPSA) is 114 Å². The molecule has 238 valence electrons. The van der Waals surface area contributed by atoms with Gasteiger partial charge in [-0.1, -0.05) is 0 Å². The highest BCUT2D eigenvalue weighted by Crippen LogP contribution is 2.41. The van der Waals surface area contributed by atoms with E-state index in [1.165, 1.54) is 19.1 Å². The van der Waals surface area contributed by atoms with Gasteiger partial charge in [-0.25, -0.2) is 17.6 Å². The predicted molar refractivity (Wildman–Crippen MR) is 140 cm³/mol. The Morgan fingerprint density at radius 3 is 2.21 bits per heavy atom. The fourth-order valence-corrected chi connectivity index (χ4v) is 5.79. The predicted octanol–water partition coefficient (Wildman–Crippen LogP) is 6.00. The summed E-state index contributed by atoms with van der Waals surface area (Å²) in [6.45, 7) is 5.24. The molecule has 1 heterocycles. The Morgan fingerprint density at radius 1 is 1.02 bits per heavy atom. The fraction of sp³-hybridized carbons (Fsp3) is 0.462. The number of hydrogen-bond acceptors (Lipinski definition) is 6. The Hall–Kier alpha value is -3.76. The summed E-state index contributed by atoms with van der Waals surface area (Å²) in [7, 11) is -4.87. The summed E-state index contributed by atoms with van der Waals surface area (Å²) in [6, 6.07) is 4.50. The van der Waals surface area contributed by atoms with Crippen molar-refractivity contribution in [1.29, 1.82) is 0 Å². The first-order valence-corrected chi connectivity index (χ1v) is 13.9. The van der Waals surface area contributed by atoms with Crippen LogP contribution in [0.5, 0.6) is 5.75 Å². The maximum Gasteiger partial charge on any atom is 0.427 e. The van der Waals surface area contributed by atoms with Crippen LogP contribution in [-0.4, -0.2) is 50.4 Å². The van der Waals surface area contributed by atoms with E-state index in [0.29, 0.717) is 30.3 Å². The van der Waals surface area contributed by atoms with Crippen LogP contribution in [0.15, 0.2) is 41.3 Å². The lowest BCUT2D eigenvalue weighted by Crippen LogP contribution is -2.50. The highest BCUT2D eigenvalue weighted by atomic mass is 32.2. The van der Waals surface area contributed by atoms with E-state index < -0.39 is 74.4 Å². The van der Waals surface area contributed by atoms with E-state index in [1.54, 1.807) is 13.8 Å². The van der Waals surface area contributed by atoms with Gasteiger partial charge >= 0.3 is 18.4 Å². The van der Waals surface area contributed by atoms with Crippen LogP contribution in [0.3, 0.4) is 0 Å². The Labute approximate surface area is 242 Å². The molecule has 3 rings (SSSR count). The van der Waals surface area contributed by atoms with Gasteiger partial charge in [0, 0.05) is 24.6 Å². The van der Waals surface area contributed by atoms with Gasteiger partial charge in [-0.3, -0.25) is 14.4 Å². The van der Waals surface area contributed by atoms with Crippen molar-refractivity contribution in [3.8, 4) is 5.75 Å². The molecule has 1 aliphatic heterocycles. The third kappa shape index (κ3) is 7.80. The maximum atomic E-state index is 13.9. The Morgan fingerprint density at radius 2 is 1.65 bits per heavy atom. The minimum atomic E-state index is -5.22. The summed E-state index contributed by atoms with van der Waals surface area (Å²) in [5.41, 5.74) is -6.16. The molecular formula is C26H28F7N3O6S. The van der Waals surface area contributed by atoms with Crippen LogP contribution in [0.25, 0.3) is 0 Å². The fourth-order valence-electron chi connectivity index (χ4n) is 4.26. The van der Waals surface area contributed by atoms with Crippen LogP contribution in [0.4, 0.5) is 46.9 Å². The molecule has 9 nitrogen and oxygen atoms in total. The molecular weight excluding hydrogens is 615 g/mol. The minimum absolute atomic E-state index is 0.0219. The van der Waals surface area contributed by atoms with E-state index in [0.717, 1.165) is 6.07 Å². The maximum absolute atomic E-state index is 13.9. The number of anilines is 2. The lowest BCUT2D eigenvalue weighted by Gasteiger charge is -2.39. The smallest absolute Gasteiger partial charge is 0.427 e. The second-order valence-corrected chi connectivity index (χ2v) is 12.8. The first-order chi connectivity index (χ1) is 19.4. The number of carbonyl (C=O) groups is 2. The van der Waals surface area contributed by atoms with E-state index in [-0.39, 0.29) is 29.6 Å². The molecule has 0 saturated carbocycles. The zero-order valence-electron chi connectivity index (χ0n) is 23.4. The van der Waals surface area contributed by atoms with Crippen molar-refractivity contribution < 1.29 is 58.2 Å². The lowest BCUT2D eigenvalue weighted by molar-refractivity contribution is -0.242. The zero-order valence-corrected chi connectivity index (χ0v) is 24.2. The number of carbonyl (C=O) groups excluding carboxylic acids is 2. The van der Waals surface area contributed by atoms with Gasteiger partial charge < -0.3 is 14.8 Å². The summed E-state index contributed by atoms with van der Waals surface area (Å²) < 4.78 is 132. The molecule has 0 saturated heterocycles. The van der Waals surface area contributed by atoms with Gasteiger partial charge in [0.05, 0.1) is 22.7 Å². The molecule has 2 N–H and O–H groups in total. The summed E-state index contributed by atoms with van der Waals surface area (Å²) in [5, 5.41) is 4.73. The van der Waals surface area contributed by atoms with E-state index in [2.05, 4.69) is 15.4 Å². The van der Waals surface area contributed by atoms with Crippen molar-refractivity contribution in [2.24, 2.45) is 0 Å². The molecule has 0 unspecified atom stereocenters. The van der Waals surface area contributed by atoms with Crippen LogP contribution in [0.1, 0.15) is 46.6 Å². The molecule has 0 fully saturated rings. The van der Waals surface area contributed by atoms with Crippen molar-refractivity contribution in [1.82, 2.24) is 5.32 Å². The lowest BCUT2D eigenvalue weighted by atomic mass is 9.95. The molecule has 0 aliphatic carbocycles. The standard InChI is InChI=1S/C26H28F7N3O6S/c1-14(37)35-23(2,3)12-16-13-36(43(39,40)17-7-8-19(27)18(11-17)25(28,29)30)20-10-15(6-9-21(20)41-16)34-22(38)42-24(4,5)26(31,32)33/h6-11,16H,12-13H2,1-5H3,(H,34,38)(H,35,37)/t16-/m0/s1. The number of halogens is 7. The molecule has 0 spiro atoms. The van der Waals surface area contributed by atoms with Gasteiger partial charge in [-0.15, -0.1) is 0 Å². The van der Waals surface area contributed by atoms with Gasteiger partial charge in [0.25, 0.3) is 10.0 Å². The average Bonchev–Trinajstić information content (AvgIpc) is 2.80. The third-order valence-electron chi connectivity index (χ3n) is 6.25. The van der Waals surface area contributed by atoms with Crippen molar-refractivity contribution in [3.63, 3.8) is 0 Å². The van der Waals surface area contributed by atoms with E-state index >= 15 is 0 Å². The van der Waals surface area contributed by atoms with Crippen LogP contribution < -0.4 is 19.7 Å². The zero-order chi connectivity index (χ0) is 32.8. The summed E-state index contributed by atoms with van der Waals surface area (Å²) in [6.07, 6.45) is -12.6. The second-order valence-electron chi connectivity index (χ2n) is 10.9. The number of sulfonamides is 1. The largest absolute Gasteiger partial charge is 0.486 e. The molecule has 43 heavy (non-hydrogen) atoms. The number of ether oxygens (including phenoxy) is 2. The first-order valence-electron chi connectivity index (χ1n) is 12.5. The number of hydrogen-bond donors (Lipinski definition) is 2. The highest BCUT2D eigenvalue weighted by molar-refractivity contribution is 7.92. The molecule has 0 bridgehead atoms. The molecule has 1 aliphatic rings.